The summed E-state index contributed by atoms with van der Waals surface area (Å²) >= 11 is 0. The summed E-state index contributed by atoms with van der Waals surface area (Å²) in [5.74, 6) is -1.02. The monoisotopic (exact) mass is 419 g/mol. The van der Waals surface area contributed by atoms with Crippen LogP contribution in [-0.2, 0) is 23.5 Å². The van der Waals surface area contributed by atoms with E-state index < -0.39 is 15.9 Å². The maximum Gasteiger partial charge on any atom is 0.265 e. The molecule has 29 heavy (non-hydrogen) atoms. The lowest BCUT2D eigenvalue weighted by Gasteiger charge is -2.15. The zero-order valence-corrected chi connectivity index (χ0v) is 16.9. The van der Waals surface area contributed by atoms with Gasteiger partial charge in [-0.1, -0.05) is 12.1 Å². The first-order valence-corrected chi connectivity index (χ1v) is 10.3. The Morgan fingerprint density at radius 2 is 2.07 bits per heavy atom. The van der Waals surface area contributed by atoms with Gasteiger partial charge in [0, 0.05) is 38.1 Å². The minimum absolute atomic E-state index is 0.0197. The predicted molar refractivity (Wildman–Crippen MR) is 106 cm³/mol. The molecule has 3 N–H and O–H groups in total. The normalized spacial score (nSPS) is 11.9. The van der Waals surface area contributed by atoms with Gasteiger partial charge in [0.1, 0.15) is 16.4 Å². The first-order valence-electron chi connectivity index (χ1n) is 8.91. The molecule has 0 spiro atoms. The van der Waals surface area contributed by atoms with E-state index in [-0.39, 0.29) is 23.0 Å². The Bertz CT molecular complexity index is 1140. The smallest absolute Gasteiger partial charge is 0.265 e. The van der Waals surface area contributed by atoms with Crippen molar-refractivity contribution < 1.29 is 17.6 Å². The number of aryl methyl sites for hydroxylation is 2. The van der Waals surface area contributed by atoms with E-state index in [1.54, 1.807) is 19.2 Å². The highest BCUT2D eigenvalue weighted by atomic mass is 32.2. The first-order chi connectivity index (χ1) is 13.7. The number of benzene rings is 1. The summed E-state index contributed by atoms with van der Waals surface area (Å²) in [6.07, 6.45) is 2.49. The summed E-state index contributed by atoms with van der Waals surface area (Å²) in [7, 11) is -0.687. The fourth-order valence-electron chi connectivity index (χ4n) is 3.00. The van der Waals surface area contributed by atoms with E-state index >= 15 is 0 Å². The van der Waals surface area contributed by atoms with Crippen molar-refractivity contribution in [2.45, 2.75) is 17.7 Å². The molecule has 8 nitrogen and oxygen atoms in total. The summed E-state index contributed by atoms with van der Waals surface area (Å²) in [6.45, 7) is 0.275. The number of hydrogen-bond donors (Lipinski definition) is 2. The highest BCUT2D eigenvalue weighted by Crippen LogP contribution is 2.20. The Hall–Kier alpha value is -2.98. The fraction of sp³-hybridized carbons (Fsp3) is 0.263. The third-order valence-corrected chi connectivity index (χ3v) is 6.43. The highest BCUT2D eigenvalue weighted by Gasteiger charge is 2.24. The second kappa shape index (κ2) is 8.18. The van der Waals surface area contributed by atoms with Crippen LogP contribution in [0.5, 0.6) is 0 Å². The third kappa shape index (κ3) is 4.54. The molecule has 0 unspecified atom stereocenters. The van der Waals surface area contributed by atoms with Crippen LogP contribution in [0.25, 0.3) is 11.3 Å². The van der Waals surface area contributed by atoms with Crippen LogP contribution in [0.2, 0.25) is 0 Å². The quantitative estimate of drug-likeness (QED) is 0.580. The molecule has 10 heteroatoms. The molecule has 1 aromatic carbocycles. The first kappa shape index (κ1) is 20.7. The lowest BCUT2D eigenvalue weighted by molar-refractivity contribution is 0.0992. The van der Waals surface area contributed by atoms with Crippen LogP contribution in [-0.4, -0.2) is 47.0 Å². The maximum absolute atomic E-state index is 13.3. The molecule has 1 amide bonds. The summed E-state index contributed by atoms with van der Waals surface area (Å²) in [4.78, 5) is 11.4. The number of carbonyl (C=O) groups excluding carboxylic acids is 1. The number of aromatic nitrogens is 3. The van der Waals surface area contributed by atoms with Crippen LogP contribution < -0.4 is 5.73 Å². The van der Waals surface area contributed by atoms with Gasteiger partial charge in [-0.25, -0.2) is 17.1 Å². The topological polar surface area (TPSA) is 114 Å². The molecule has 0 aliphatic carbocycles. The molecule has 2 aromatic heterocycles. The van der Waals surface area contributed by atoms with Crippen LogP contribution >= 0.6 is 0 Å². The number of carbonyl (C=O) groups is 1. The van der Waals surface area contributed by atoms with Crippen LogP contribution in [0.4, 0.5) is 4.39 Å². The Labute approximate surface area is 168 Å². The molecule has 2 heterocycles. The van der Waals surface area contributed by atoms with Crippen molar-refractivity contribution in [1.29, 1.82) is 0 Å². The number of H-pyrrole nitrogens is 1. The minimum atomic E-state index is -3.73. The standard InChI is InChI=1S/C19H22FN5O3S/c1-24-12-16(11-18(24)19(21)26)29(27,28)25(2)8-4-7-15-10-17(23-22-15)13-5-3-6-14(20)9-13/h3,5-6,9-12H,4,7-8H2,1-2H3,(H2,21,26)(H,22,23). The van der Waals surface area contributed by atoms with Gasteiger partial charge in [-0.3, -0.25) is 9.89 Å². The van der Waals surface area contributed by atoms with Crippen LogP contribution in [0, 0.1) is 5.82 Å². The zero-order chi connectivity index (χ0) is 21.2. The average molecular weight is 419 g/mol. The van der Waals surface area contributed by atoms with Gasteiger partial charge in [0.2, 0.25) is 10.0 Å². The highest BCUT2D eigenvalue weighted by molar-refractivity contribution is 7.89. The molecule has 0 saturated carbocycles. The van der Waals surface area contributed by atoms with Crippen LogP contribution in [0.15, 0.2) is 47.5 Å². The largest absolute Gasteiger partial charge is 0.364 e. The minimum Gasteiger partial charge on any atom is -0.364 e. The van der Waals surface area contributed by atoms with E-state index in [0.717, 1.165) is 5.69 Å². The van der Waals surface area contributed by atoms with E-state index in [1.165, 1.54) is 40.3 Å². The summed E-state index contributed by atoms with van der Waals surface area (Å²) in [6, 6.07) is 9.25. The molecule has 0 radical (unpaired) electrons. The Morgan fingerprint density at radius 1 is 1.31 bits per heavy atom. The molecule has 0 saturated heterocycles. The van der Waals surface area contributed by atoms with Gasteiger partial charge in [0.25, 0.3) is 5.91 Å². The maximum atomic E-state index is 13.3. The fourth-order valence-corrected chi connectivity index (χ4v) is 4.28. The number of aromatic amines is 1. The van der Waals surface area contributed by atoms with Gasteiger partial charge in [-0.05, 0) is 37.1 Å². The van der Waals surface area contributed by atoms with E-state index in [1.807, 2.05) is 6.07 Å². The van der Waals surface area contributed by atoms with Crippen molar-refractivity contribution in [3.05, 3.63) is 59.8 Å². The molecule has 0 aliphatic heterocycles. The number of nitrogens with two attached hydrogens (primary N) is 1. The number of sulfonamides is 1. The summed E-state index contributed by atoms with van der Waals surface area (Å²) in [5, 5.41) is 7.08. The van der Waals surface area contributed by atoms with Crippen molar-refractivity contribution in [2.24, 2.45) is 12.8 Å². The third-order valence-electron chi connectivity index (χ3n) is 4.61. The Kier molecular flexibility index (Phi) is 5.85. The summed E-state index contributed by atoms with van der Waals surface area (Å²) < 4.78 is 41.3. The molecule has 0 fully saturated rings. The van der Waals surface area contributed by atoms with Crippen molar-refractivity contribution in [1.82, 2.24) is 19.1 Å². The van der Waals surface area contributed by atoms with Gasteiger partial charge in [0.05, 0.1) is 5.69 Å². The van der Waals surface area contributed by atoms with Crippen molar-refractivity contribution >= 4 is 15.9 Å². The number of rotatable bonds is 8. The van der Waals surface area contributed by atoms with E-state index in [4.69, 9.17) is 5.73 Å². The molecule has 0 aliphatic rings. The van der Waals surface area contributed by atoms with E-state index in [2.05, 4.69) is 10.2 Å². The average Bonchev–Trinajstić information content (AvgIpc) is 3.28. The molecule has 3 rings (SSSR count). The van der Waals surface area contributed by atoms with Crippen LogP contribution in [0.3, 0.4) is 0 Å². The van der Waals surface area contributed by atoms with Crippen molar-refractivity contribution in [3.63, 3.8) is 0 Å². The van der Waals surface area contributed by atoms with Gasteiger partial charge >= 0.3 is 0 Å². The second-order valence-corrected chi connectivity index (χ2v) is 8.80. The Balaban J connectivity index is 1.62. The molecule has 154 valence electrons. The molecular formula is C19H22FN5O3S. The van der Waals surface area contributed by atoms with E-state index in [9.17, 15) is 17.6 Å². The lowest BCUT2D eigenvalue weighted by Crippen LogP contribution is -2.28. The number of halogens is 1. The molecule has 3 aromatic rings. The second-order valence-electron chi connectivity index (χ2n) is 6.76. The predicted octanol–water partition coefficient (Wildman–Crippen LogP) is 1.91. The Morgan fingerprint density at radius 3 is 2.72 bits per heavy atom. The molecular weight excluding hydrogens is 397 g/mol. The van der Waals surface area contributed by atoms with Crippen molar-refractivity contribution in [2.75, 3.05) is 13.6 Å². The number of hydrogen-bond acceptors (Lipinski definition) is 4. The van der Waals surface area contributed by atoms with Crippen LogP contribution in [0.1, 0.15) is 22.6 Å². The van der Waals surface area contributed by atoms with Gasteiger partial charge < -0.3 is 10.3 Å². The number of primary amides is 1. The van der Waals surface area contributed by atoms with Gasteiger partial charge in [0.15, 0.2) is 0 Å². The molecule has 0 bridgehead atoms. The number of amides is 1. The zero-order valence-electron chi connectivity index (χ0n) is 16.1. The lowest BCUT2D eigenvalue weighted by atomic mass is 10.1. The summed E-state index contributed by atoms with van der Waals surface area (Å²) in [5.41, 5.74) is 7.49. The van der Waals surface area contributed by atoms with E-state index in [0.29, 0.717) is 24.1 Å². The SMILES string of the molecule is CN(CCCc1cc(-c2cccc(F)c2)n[nH]1)S(=O)(=O)c1cc(C(N)=O)n(C)c1. The van der Waals surface area contributed by atoms with Crippen molar-refractivity contribution in [3.8, 4) is 11.3 Å². The molecule has 0 atom stereocenters. The number of nitrogens with zero attached hydrogens (tertiary/aromatic N) is 3. The van der Waals surface area contributed by atoms with Gasteiger partial charge in [-0.2, -0.15) is 5.10 Å². The van der Waals surface area contributed by atoms with Gasteiger partial charge in [-0.15, -0.1) is 0 Å². The number of nitrogens with one attached hydrogen (secondary N) is 1.